The monoisotopic (exact) mass is 240 g/mol. The van der Waals surface area contributed by atoms with Gasteiger partial charge in [0.2, 0.25) is 12.2 Å². The molecule has 0 aliphatic rings. The van der Waals surface area contributed by atoms with Gasteiger partial charge in [-0.1, -0.05) is 26.7 Å². The molecular weight excluding hydrogens is 220 g/mol. The van der Waals surface area contributed by atoms with E-state index in [-0.39, 0.29) is 6.10 Å². The van der Waals surface area contributed by atoms with Gasteiger partial charge in [-0.05, 0) is 12.8 Å². The molecular formula is C12H20N2O3. The number of nitrogens with zero attached hydrogens (tertiary/aromatic N) is 2. The van der Waals surface area contributed by atoms with Crippen molar-refractivity contribution in [3.63, 3.8) is 0 Å². The summed E-state index contributed by atoms with van der Waals surface area (Å²) >= 11 is 0. The summed E-state index contributed by atoms with van der Waals surface area (Å²) in [7, 11) is 0. The molecule has 17 heavy (non-hydrogen) atoms. The number of isocyanates is 2. The summed E-state index contributed by atoms with van der Waals surface area (Å²) in [5.74, 6) is 0. The molecule has 0 amide bonds. The molecule has 0 radical (unpaired) electrons. The smallest absolute Gasteiger partial charge is 0.237 e. The fraction of sp³-hybridized carbons (Fsp3) is 0.833. The Hall–Kier alpha value is -1.28. The highest BCUT2D eigenvalue weighted by atomic mass is 16.5. The molecule has 0 fully saturated rings. The minimum Gasteiger partial charge on any atom is -0.378 e. The van der Waals surface area contributed by atoms with Crippen molar-refractivity contribution in [2.45, 2.75) is 58.2 Å². The van der Waals surface area contributed by atoms with Crippen LogP contribution in [0.2, 0.25) is 0 Å². The first-order valence-corrected chi connectivity index (χ1v) is 6.04. The zero-order valence-electron chi connectivity index (χ0n) is 10.5. The van der Waals surface area contributed by atoms with E-state index in [4.69, 9.17) is 4.74 Å². The van der Waals surface area contributed by atoms with Gasteiger partial charge >= 0.3 is 0 Å². The molecule has 96 valence electrons. The Kier molecular flexibility index (Phi) is 10.4. The fourth-order valence-corrected chi connectivity index (χ4v) is 1.48. The second-order valence-electron chi connectivity index (χ2n) is 3.79. The van der Waals surface area contributed by atoms with E-state index in [1.807, 2.05) is 0 Å². The molecule has 0 bridgehead atoms. The standard InChI is InChI=1S/C12H20N2O3/c1-3-5-7-17-11(6-4-2)8-12(13-9-15)14-10-16/h11-12H,3-8H2,1-2H3. The summed E-state index contributed by atoms with van der Waals surface area (Å²) in [6.07, 6.45) is 6.44. The van der Waals surface area contributed by atoms with E-state index in [9.17, 15) is 9.59 Å². The Morgan fingerprint density at radius 3 is 2.24 bits per heavy atom. The van der Waals surface area contributed by atoms with Crippen molar-refractivity contribution in [2.24, 2.45) is 9.98 Å². The van der Waals surface area contributed by atoms with Gasteiger partial charge in [0.1, 0.15) is 0 Å². The Morgan fingerprint density at radius 1 is 1.12 bits per heavy atom. The summed E-state index contributed by atoms with van der Waals surface area (Å²) in [4.78, 5) is 27.2. The van der Waals surface area contributed by atoms with E-state index in [2.05, 4.69) is 23.8 Å². The Morgan fingerprint density at radius 2 is 1.76 bits per heavy atom. The number of ether oxygens (including phenoxy) is 1. The number of hydrogen-bond acceptors (Lipinski definition) is 5. The maximum atomic E-state index is 10.2. The number of carbonyl (C=O) groups excluding carboxylic acids is 2. The number of aliphatic imine (C=N–C) groups is 2. The molecule has 0 aromatic rings. The first-order chi connectivity index (χ1) is 8.28. The van der Waals surface area contributed by atoms with Gasteiger partial charge < -0.3 is 4.74 Å². The lowest BCUT2D eigenvalue weighted by atomic mass is 10.1. The molecule has 1 unspecified atom stereocenters. The molecule has 0 heterocycles. The van der Waals surface area contributed by atoms with Gasteiger partial charge in [0, 0.05) is 13.0 Å². The summed E-state index contributed by atoms with van der Waals surface area (Å²) < 4.78 is 5.67. The van der Waals surface area contributed by atoms with Crippen LogP contribution in [0.15, 0.2) is 9.98 Å². The average Bonchev–Trinajstić information content (AvgIpc) is 2.30. The summed E-state index contributed by atoms with van der Waals surface area (Å²) in [6, 6.07) is 0. The molecule has 0 aliphatic heterocycles. The Labute approximate surface area is 102 Å². The quantitative estimate of drug-likeness (QED) is 0.334. The molecule has 0 rings (SSSR count). The van der Waals surface area contributed by atoms with Gasteiger partial charge in [-0.25, -0.2) is 9.59 Å². The molecule has 0 aliphatic carbocycles. The lowest BCUT2D eigenvalue weighted by molar-refractivity contribution is 0.0358. The lowest BCUT2D eigenvalue weighted by Crippen LogP contribution is -2.19. The number of rotatable bonds is 10. The van der Waals surface area contributed by atoms with E-state index in [0.717, 1.165) is 25.7 Å². The Bertz CT molecular complexity index is 263. The van der Waals surface area contributed by atoms with Crippen LogP contribution in [0.3, 0.4) is 0 Å². The first kappa shape index (κ1) is 15.7. The fourth-order valence-electron chi connectivity index (χ4n) is 1.48. The van der Waals surface area contributed by atoms with Crippen LogP contribution >= 0.6 is 0 Å². The van der Waals surface area contributed by atoms with E-state index in [0.29, 0.717) is 13.0 Å². The van der Waals surface area contributed by atoms with Crippen molar-refractivity contribution in [3.8, 4) is 0 Å². The van der Waals surface area contributed by atoms with Crippen LogP contribution < -0.4 is 0 Å². The van der Waals surface area contributed by atoms with E-state index < -0.39 is 6.17 Å². The van der Waals surface area contributed by atoms with Crippen molar-refractivity contribution < 1.29 is 14.3 Å². The third-order valence-corrected chi connectivity index (χ3v) is 2.34. The summed E-state index contributed by atoms with van der Waals surface area (Å²) in [5.41, 5.74) is 0. The van der Waals surface area contributed by atoms with Crippen LogP contribution in [0, 0.1) is 0 Å². The van der Waals surface area contributed by atoms with Crippen molar-refractivity contribution in [3.05, 3.63) is 0 Å². The van der Waals surface area contributed by atoms with Crippen LogP contribution in [0.1, 0.15) is 46.0 Å². The van der Waals surface area contributed by atoms with Gasteiger partial charge in [-0.15, -0.1) is 0 Å². The highest BCUT2D eigenvalue weighted by molar-refractivity contribution is 5.36. The maximum absolute atomic E-state index is 10.2. The second-order valence-corrected chi connectivity index (χ2v) is 3.79. The van der Waals surface area contributed by atoms with Gasteiger partial charge in [0.05, 0.1) is 6.10 Å². The van der Waals surface area contributed by atoms with Gasteiger partial charge in [-0.2, -0.15) is 9.98 Å². The minimum atomic E-state index is -0.705. The molecule has 0 saturated heterocycles. The summed E-state index contributed by atoms with van der Waals surface area (Å²) in [5, 5.41) is 0. The van der Waals surface area contributed by atoms with Crippen molar-refractivity contribution in [1.82, 2.24) is 0 Å². The van der Waals surface area contributed by atoms with E-state index in [1.54, 1.807) is 0 Å². The lowest BCUT2D eigenvalue weighted by Gasteiger charge is -2.18. The molecule has 5 heteroatoms. The van der Waals surface area contributed by atoms with Crippen LogP contribution in [-0.4, -0.2) is 31.0 Å². The van der Waals surface area contributed by atoms with E-state index in [1.165, 1.54) is 12.2 Å². The normalized spacial score (nSPS) is 13.3. The molecule has 0 N–H and O–H groups in total. The first-order valence-electron chi connectivity index (χ1n) is 6.04. The second kappa shape index (κ2) is 11.2. The highest BCUT2D eigenvalue weighted by Gasteiger charge is 2.15. The zero-order chi connectivity index (χ0) is 12.9. The third-order valence-electron chi connectivity index (χ3n) is 2.34. The third kappa shape index (κ3) is 8.52. The predicted octanol–water partition coefficient (Wildman–Crippen LogP) is 2.36. The molecule has 0 spiro atoms. The predicted molar refractivity (Wildman–Crippen MR) is 64.2 cm³/mol. The number of unbranched alkanes of at least 4 members (excludes halogenated alkanes) is 1. The molecule has 0 aromatic carbocycles. The SMILES string of the molecule is CCCCOC(CCC)CC(N=C=O)N=C=O. The molecule has 1 atom stereocenters. The van der Waals surface area contributed by atoms with Gasteiger partial charge in [0.15, 0.2) is 6.17 Å². The molecule has 0 aromatic heterocycles. The van der Waals surface area contributed by atoms with Crippen molar-refractivity contribution in [1.29, 1.82) is 0 Å². The van der Waals surface area contributed by atoms with Crippen LogP contribution in [-0.2, 0) is 14.3 Å². The van der Waals surface area contributed by atoms with E-state index >= 15 is 0 Å². The highest BCUT2D eigenvalue weighted by Crippen LogP contribution is 2.13. The molecule has 5 nitrogen and oxygen atoms in total. The maximum Gasteiger partial charge on any atom is 0.237 e. The summed E-state index contributed by atoms with van der Waals surface area (Å²) in [6.45, 7) is 4.83. The van der Waals surface area contributed by atoms with Crippen LogP contribution in [0.25, 0.3) is 0 Å². The van der Waals surface area contributed by atoms with Crippen molar-refractivity contribution in [2.75, 3.05) is 6.61 Å². The van der Waals surface area contributed by atoms with Gasteiger partial charge in [-0.3, -0.25) is 0 Å². The minimum absolute atomic E-state index is 0.0225. The van der Waals surface area contributed by atoms with Crippen LogP contribution in [0.5, 0.6) is 0 Å². The molecule has 0 saturated carbocycles. The largest absolute Gasteiger partial charge is 0.378 e. The van der Waals surface area contributed by atoms with Gasteiger partial charge in [0.25, 0.3) is 0 Å². The van der Waals surface area contributed by atoms with Crippen molar-refractivity contribution >= 4 is 12.2 Å². The zero-order valence-corrected chi connectivity index (χ0v) is 10.5. The van der Waals surface area contributed by atoms with Crippen LogP contribution in [0.4, 0.5) is 0 Å². The Balaban J connectivity index is 4.26. The average molecular weight is 240 g/mol. The topological polar surface area (TPSA) is 68.1 Å². The number of hydrogen-bond donors (Lipinski definition) is 0.